The Hall–Kier alpha value is -1.95. The zero-order chi connectivity index (χ0) is 13.0. The van der Waals surface area contributed by atoms with Gasteiger partial charge in [0.2, 0.25) is 5.88 Å². The molecule has 18 heavy (non-hydrogen) atoms. The Bertz CT molecular complexity index is 491. The van der Waals surface area contributed by atoms with Crippen molar-refractivity contribution in [2.24, 2.45) is 7.05 Å². The molecular weight excluding hydrogens is 230 g/mol. The molecule has 0 aliphatic carbocycles. The second-order valence-electron chi connectivity index (χ2n) is 4.33. The minimum absolute atomic E-state index is 0.429. The molecule has 2 aromatic heterocycles. The maximum absolute atomic E-state index is 5.50. The fourth-order valence-corrected chi connectivity index (χ4v) is 1.37. The maximum atomic E-state index is 5.50. The third-order valence-electron chi connectivity index (χ3n) is 2.28. The molecule has 0 spiro atoms. The van der Waals surface area contributed by atoms with Crippen molar-refractivity contribution in [1.82, 2.24) is 25.1 Å². The maximum Gasteiger partial charge on any atom is 0.238 e. The summed E-state index contributed by atoms with van der Waals surface area (Å²) in [7, 11) is 1.83. The minimum Gasteiger partial charge on any atom is -0.434 e. The molecule has 0 radical (unpaired) electrons. The van der Waals surface area contributed by atoms with Gasteiger partial charge in [-0.05, 0) is 0 Å². The lowest BCUT2D eigenvalue weighted by atomic mass is 10.3. The van der Waals surface area contributed by atoms with Crippen LogP contribution in [0.15, 0.2) is 24.8 Å². The van der Waals surface area contributed by atoms with Crippen molar-refractivity contribution in [3.05, 3.63) is 30.5 Å². The van der Waals surface area contributed by atoms with E-state index in [4.69, 9.17) is 4.74 Å². The van der Waals surface area contributed by atoms with E-state index in [1.165, 1.54) is 0 Å². The predicted molar refractivity (Wildman–Crippen MR) is 67.3 cm³/mol. The molecule has 0 atom stereocenters. The first kappa shape index (κ1) is 12.5. The molecule has 0 saturated heterocycles. The highest BCUT2D eigenvalue weighted by atomic mass is 16.5. The second-order valence-corrected chi connectivity index (χ2v) is 4.33. The van der Waals surface area contributed by atoms with Crippen molar-refractivity contribution < 1.29 is 4.74 Å². The van der Waals surface area contributed by atoms with Crippen LogP contribution >= 0.6 is 0 Å². The summed E-state index contributed by atoms with van der Waals surface area (Å²) in [6.45, 7) is 4.89. The number of ether oxygens (including phenoxy) is 1. The molecular formula is C12H17N5O. The Morgan fingerprint density at radius 1 is 1.28 bits per heavy atom. The lowest BCUT2D eigenvalue weighted by Gasteiger charge is -2.07. The molecule has 0 fully saturated rings. The number of hydrogen-bond donors (Lipinski definition) is 1. The van der Waals surface area contributed by atoms with Gasteiger partial charge in [-0.3, -0.25) is 9.67 Å². The van der Waals surface area contributed by atoms with Crippen LogP contribution in [0.4, 0.5) is 0 Å². The first-order valence-electron chi connectivity index (χ1n) is 5.84. The van der Waals surface area contributed by atoms with E-state index in [0.29, 0.717) is 24.2 Å². The highest BCUT2D eigenvalue weighted by Crippen LogP contribution is 2.16. The van der Waals surface area contributed by atoms with Crippen LogP contribution in [0.5, 0.6) is 11.6 Å². The van der Waals surface area contributed by atoms with E-state index < -0.39 is 0 Å². The van der Waals surface area contributed by atoms with E-state index in [9.17, 15) is 0 Å². The molecule has 2 rings (SSSR count). The molecule has 0 aromatic carbocycles. The topological polar surface area (TPSA) is 64.9 Å². The molecule has 2 aromatic rings. The second kappa shape index (κ2) is 5.59. The Labute approximate surface area is 106 Å². The smallest absolute Gasteiger partial charge is 0.238 e. The number of nitrogens with zero attached hydrogens (tertiary/aromatic N) is 4. The van der Waals surface area contributed by atoms with E-state index in [1.807, 2.05) is 7.05 Å². The third kappa shape index (κ3) is 3.53. The van der Waals surface area contributed by atoms with E-state index >= 15 is 0 Å². The molecule has 2 heterocycles. The van der Waals surface area contributed by atoms with Crippen molar-refractivity contribution in [3.8, 4) is 11.6 Å². The molecule has 6 heteroatoms. The zero-order valence-corrected chi connectivity index (χ0v) is 10.8. The Morgan fingerprint density at radius 2 is 2.11 bits per heavy atom. The van der Waals surface area contributed by atoms with E-state index in [-0.39, 0.29) is 0 Å². The Kier molecular flexibility index (Phi) is 3.88. The number of aromatic nitrogens is 4. The van der Waals surface area contributed by atoms with Crippen LogP contribution in [0, 0.1) is 0 Å². The molecule has 1 N–H and O–H groups in total. The van der Waals surface area contributed by atoms with Gasteiger partial charge in [0, 0.05) is 19.6 Å². The average Bonchev–Trinajstić information content (AvgIpc) is 2.74. The fourth-order valence-electron chi connectivity index (χ4n) is 1.37. The zero-order valence-electron chi connectivity index (χ0n) is 10.8. The van der Waals surface area contributed by atoms with Crippen molar-refractivity contribution in [2.45, 2.75) is 26.4 Å². The number of rotatable bonds is 5. The van der Waals surface area contributed by atoms with Crippen molar-refractivity contribution >= 4 is 0 Å². The lowest BCUT2D eigenvalue weighted by molar-refractivity contribution is 0.457. The van der Waals surface area contributed by atoms with Gasteiger partial charge in [-0.1, -0.05) is 13.8 Å². The third-order valence-corrected chi connectivity index (χ3v) is 2.28. The molecule has 0 aliphatic rings. The highest BCUT2D eigenvalue weighted by Gasteiger charge is 2.02. The SMILES string of the molecule is CC(C)NCc1cnc(Oc2cnn(C)c2)cn1. The van der Waals surface area contributed by atoms with Gasteiger partial charge >= 0.3 is 0 Å². The largest absolute Gasteiger partial charge is 0.434 e. The Morgan fingerprint density at radius 3 is 2.67 bits per heavy atom. The van der Waals surface area contributed by atoms with Gasteiger partial charge in [0.25, 0.3) is 0 Å². The molecule has 6 nitrogen and oxygen atoms in total. The molecule has 0 aliphatic heterocycles. The summed E-state index contributed by atoms with van der Waals surface area (Å²) < 4.78 is 7.17. The standard InChI is InChI=1S/C12H17N5O/c1-9(2)13-4-10-5-15-12(7-14-10)18-11-6-16-17(3)8-11/h5-9,13H,4H2,1-3H3. The molecule has 96 valence electrons. The summed E-state index contributed by atoms with van der Waals surface area (Å²) in [5.74, 6) is 1.12. The van der Waals surface area contributed by atoms with Gasteiger partial charge in [-0.15, -0.1) is 0 Å². The monoisotopic (exact) mass is 247 g/mol. The predicted octanol–water partition coefficient (Wildman–Crippen LogP) is 1.50. The van der Waals surface area contributed by atoms with Gasteiger partial charge < -0.3 is 10.1 Å². The molecule has 0 bridgehead atoms. The number of nitrogens with one attached hydrogen (secondary N) is 1. The summed E-state index contributed by atoms with van der Waals surface area (Å²) in [5, 5.41) is 7.29. The number of aryl methyl sites for hydroxylation is 1. The van der Waals surface area contributed by atoms with Crippen LogP contribution in [-0.4, -0.2) is 25.8 Å². The van der Waals surface area contributed by atoms with Gasteiger partial charge in [0.05, 0.1) is 30.5 Å². The van der Waals surface area contributed by atoms with Crippen LogP contribution in [-0.2, 0) is 13.6 Å². The lowest BCUT2D eigenvalue weighted by Crippen LogP contribution is -2.22. The van der Waals surface area contributed by atoms with E-state index in [1.54, 1.807) is 29.5 Å². The van der Waals surface area contributed by atoms with E-state index in [2.05, 4.69) is 34.2 Å². The van der Waals surface area contributed by atoms with Gasteiger partial charge in [-0.2, -0.15) is 5.10 Å². The summed E-state index contributed by atoms with van der Waals surface area (Å²) in [6.07, 6.45) is 6.73. The van der Waals surface area contributed by atoms with Crippen LogP contribution in [0.3, 0.4) is 0 Å². The normalized spacial score (nSPS) is 10.9. The Balaban J connectivity index is 1.95. The van der Waals surface area contributed by atoms with Crippen LogP contribution in [0.1, 0.15) is 19.5 Å². The molecule has 0 unspecified atom stereocenters. The number of hydrogen-bond acceptors (Lipinski definition) is 5. The van der Waals surface area contributed by atoms with Crippen molar-refractivity contribution in [3.63, 3.8) is 0 Å². The first-order chi connectivity index (χ1) is 8.63. The van der Waals surface area contributed by atoms with Crippen LogP contribution < -0.4 is 10.1 Å². The summed E-state index contributed by atoms with van der Waals surface area (Å²) in [5.41, 5.74) is 0.891. The van der Waals surface area contributed by atoms with Crippen molar-refractivity contribution in [1.29, 1.82) is 0 Å². The average molecular weight is 247 g/mol. The minimum atomic E-state index is 0.429. The van der Waals surface area contributed by atoms with Gasteiger partial charge in [0.1, 0.15) is 0 Å². The fraction of sp³-hybridized carbons (Fsp3) is 0.417. The van der Waals surface area contributed by atoms with Crippen LogP contribution in [0.2, 0.25) is 0 Å². The van der Waals surface area contributed by atoms with Gasteiger partial charge in [-0.25, -0.2) is 4.98 Å². The summed E-state index contributed by atoms with van der Waals surface area (Å²) in [6, 6.07) is 0.429. The van der Waals surface area contributed by atoms with Crippen molar-refractivity contribution in [2.75, 3.05) is 0 Å². The molecule has 0 amide bonds. The highest BCUT2D eigenvalue weighted by molar-refractivity contribution is 5.19. The quantitative estimate of drug-likeness (QED) is 0.867. The van der Waals surface area contributed by atoms with Gasteiger partial charge in [0.15, 0.2) is 5.75 Å². The first-order valence-corrected chi connectivity index (χ1v) is 5.84. The summed E-state index contributed by atoms with van der Waals surface area (Å²) in [4.78, 5) is 8.48. The summed E-state index contributed by atoms with van der Waals surface area (Å²) >= 11 is 0. The molecule has 0 saturated carbocycles. The van der Waals surface area contributed by atoms with E-state index in [0.717, 1.165) is 5.69 Å². The van der Waals surface area contributed by atoms with Crippen LogP contribution in [0.25, 0.3) is 0 Å².